The van der Waals surface area contributed by atoms with Crippen molar-refractivity contribution >= 4 is 0 Å². The molecule has 0 spiro atoms. The number of hydroxylamine groups is 1. The normalized spacial score (nSPS) is 11.6. The van der Waals surface area contributed by atoms with Gasteiger partial charge in [-0.15, -0.1) is 0 Å². The van der Waals surface area contributed by atoms with Gasteiger partial charge >= 0.3 is 6.18 Å². The molecular formula is C10H11F4NO2. The van der Waals surface area contributed by atoms with Crippen LogP contribution in [0.3, 0.4) is 0 Å². The van der Waals surface area contributed by atoms with Gasteiger partial charge in [0.25, 0.3) is 0 Å². The number of rotatable bonds is 5. The van der Waals surface area contributed by atoms with Crippen molar-refractivity contribution in [3.63, 3.8) is 0 Å². The van der Waals surface area contributed by atoms with Crippen molar-refractivity contribution in [3.05, 3.63) is 29.6 Å². The summed E-state index contributed by atoms with van der Waals surface area (Å²) < 4.78 is 53.4. The first kappa shape index (κ1) is 13.7. The van der Waals surface area contributed by atoms with Crippen LogP contribution in [0.1, 0.15) is 5.56 Å². The highest BCUT2D eigenvalue weighted by atomic mass is 19.4. The minimum Gasteiger partial charge on any atom is -0.494 e. The Morgan fingerprint density at radius 1 is 1.29 bits per heavy atom. The average Bonchev–Trinajstić information content (AvgIpc) is 2.25. The van der Waals surface area contributed by atoms with Gasteiger partial charge in [-0.25, -0.2) is 4.39 Å². The summed E-state index contributed by atoms with van der Waals surface area (Å²) in [5, 5.41) is 0. The zero-order chi connectivity index (χ0) is 12.9. The number of hydrogen-bond acceptors (Lipinski definition) is 3. The van der Waals surface area contributed by atoms with Crippen molar-refractivity contribution in [2.24, 2.45) is 0 Å². The summed E-state index contributed by atoms with van der Waals surface area (Å²) in [5.74, 6) is -0.599. The van der Waals surface area contributed by atoms with Gasteiger partial charge in [0, 0.05) is 12.1 Å². The summed E-state index contributed by atoms with van der Waals surface area (Å²) in [4.78, 5) is 4.15. The molecule has 0 atom stereocenters. The highest BCUT2D eigenvalue weighted by Gasteiger charge is 2.27. The second kappa shape index (κ2) is 5.83. The molecule has 0 aliphatic carbocycles. The fraction of sp³-hybridized carbons (Fsp3) is 0.400. The molecule has 0 saturated carbocycles. The number of ether oxygens (including phenoxy) is 1. The number of hydrogen-bond donors (Lipinski definition) is 1. The minimum atomic E-state index is -4.42. The molecule has 0 unspecified atom stereocenters. The molecule has 1 aromatic carbocycles. The third-order valence-electron chi connectivity index (χ3n) is 1.86. The molecule has 1 aromatic rings. The van der Waals surface area contributed by atoms with Crippen LogP contribution in [-0.2, 0) is 11.4 Å². The lowest BCUT2D eigenvalue weighted by Gasteiger charge is -2.10. The van der Waals surface area contributed by atoms with Crippen LogP contribution in [-0.4, -0.2) is 19.9 Å². The molecule has 7 heteroatoms. The lowest BCUT2D eigenvalue weighted by molar-refractivity contribution is -0.190. The quantitative estimate of drug-likeness (QED) is 0.496. The second-order valence-corrected chi connectivity index (χ2v) is 3.16. The zero-order valence-electron chi connectivity index (χ0n) is 8.97. The van der Waals surface area contributed by atoms with Crippen molar-refractivity contribution in [1.82, 2.24) is 5.48 Å². The predicted octanol–water partition coefficient (Wildman–Crippen LogP) is 2.42. The smallest absolute Gasteiger partial charge is 0.413 e. The molecule has 96 valence electrons. The van der Waals surface area contributed by atoms with Gasteiger partial charge in [0.05, 0.1) is 7.11 Å². The Hall–Kier alpha value is -1.34. The van der Waals surface area contributed by atoms with E-state index in [0.29, 0.717) is 0 Å². The van der Waals surface area contributed by atoms with Gasteiger partial charge in [-0.2, -0.15) is 18.7 Å². The fourth-order valence-corrected chi connectivity index (χ4v) is 1.11. The molecule has 0 aromatic heterocycles. The Balaban J connectivity index is 2.47. The molecule has 0 fully saturated rings. The second-order valence-electron chi connectivity index (χ2n) is 3.16. The summed E-state index contributed by atoms with van der Waals surface area (Å²) >= 11 is 0. The zero-order valence-corrected chi connectivity index (χ0v) is 8.97. The van der Waals surface area contributed by atoms with Gasteiger partial charge < -0.3 is 4.74 Å². The van der Waals surface area contributed by atoms with Crippen LogP contribution >= 0.6 is 0 Å². The number of alkyl halides is 3. The van der Waals surface area contributed by atoms with Gasteiger partial charge in [-0.05, 0) is 6.07 Å². The van der Waals surface area contributed by atoms with E-state index in [4.69, 9.17) is 4.74 Å². The largest absolute Gasteiger partial charge is 0.494 e. The van der Waals surface area contributed by atoms with Gasteiger partial charge in [-0.1, -0.05) is 12.1 Å². The van der Waals surface area contributed by atoms with Crippen LogP contribution in [0.2, 0.25) is 0 Å². The maximum absolute atomic E-state index is 13.5. The average molecular weight is 253 g/mol. The van der Waals surface area contributed by atoms with E-state index in [1.54, 1.807) is 0 Å². The molecule has 0 saturated heterocycles. The van der Waals surface area contributed by atoms with E-state index in [1.807, 2.05) is 5.48 Å². The summed E-state index contributed by atoms with van der Waals surface area (Å²) in [7, 11) is 1.30. The van der Waals surface area contributed by atoms with E-state index in [0.717, 1.165) is 0 Å². The van der Waals surface area contributed by atoms with E-state index >= 15 is 0 Å². The van der Waals surface area contributed by atoms with Crippen LogP contribution < -0.4 is 10.2 Å². The number of methoxy groups -OCH3 is 1. The third kappa shape index (κ3) is 4.58. The van der Waals surface area contributed by atoms with Gasteiger partial charge in [-0.3, -0.25) is 4.84 Å². The number of nitrogens with one attached hydrogen (secondary N) is 1. The Morgan fingerprint density at radius 2 is 2.00 bits per heavy atom. The first-order chi connectivity index (χ1) is 7.94. The molecule has 0 heterocycles. The molecule has 3 nitrogen and oxygen atoms in total. The van der Waals surface area contributed by atoms with Crippen LogP contribution in [0, 0.1) is 5.82 Å². The van der Waals surface area contributed by atoms with E-state index in [1.165, 1.54) is 25.3 Å². The topological polar surface area (TPSA) is 30.5 Å². The van der Waals surface area contributed by atoms with Crippen molar-refractivity contribution in [1.29, 1.82) is 0 Å². The first-order valence-electron chi connectivity index (χ1n) is 4.67. The molecule has 1 N–H and O–H groups in total. The Bertz CT molecular complexity index is 368. The SMILES string of the molecule is COc1cccc(CNOCC(F)(F)F)c1F. The monoisotopic (exact) mass is 253 g/mol. The third-order valence-corrected chi connectivity index (χ3v) is 1.86. The number of halogens is 4. The van der Waals surface area contributed by atoms with E-state index in [-0.39, 0.29) is 17.9 Å². The molecule has 0 radical (unpaired) electrons. The molecular weight excluding hydrogens is 242 g/mol. The van der Waals surface area contributed by atoms with Crippen LogP contribution in [0.5, 0.6) is 5.75 Å². The molecule has 0 bridgehead atoms. The molecule has 17 heavy (non-hydrogen) atoms. The van der Waals surface area contributed by atoms with Gasteiger partial charge in [0.1, 0.15) is 0 Å². The van der Waals surface area contributed by atoms with Crippen LogP contribution in [0.4, 0.5) is 17.6 Å². The highest BCUT2D eigenvalue weighted by molar-refractivity contribution is 5.30. The van der Waals surface area contributed by atoms with Crippen LogP contribution in [0.25, 0.3) is 0 Å². The van der Waals surface area contributed by atoms with Crippen molar-refractivity contribution in [2.45, 2.75) is 12.7 Å². The maximum atomic E-state index is 13.5. The minimum absolute atomic E-state index is 0.0279. The molecule has 0 aliphatic heterocycles. The molecule has 1 rings (SSSR count). The maximum Gasteiger partial charge on any atom is 0.413 e. The highest BCUT2D eigenvalue weighted by Crippen LogP contribution is 2.19. The molecule has 0 aliphatic rings. The number of benzene rings is 1. The lowest BCUT2D eigenvalue weighted by atomic mass is 10.2. The summed E-state index contributed by atoms with van der Waals surface area (Å²) in [6, 6.07) is 4.36. The Morgan fingerprint density at radius 3 is 2.59 bits per heavy atom. The fourth-order valence-electron chi connectivity index (χ4n) is 1.11. The standard InChI is InChI=1S/C10H11F4NO2/c1-16-8-4-2-3-7(9(8)11)5-15-17-6-10(12,13)14/h2-4,15H,5-6H2,1H3. The summed E-state index contributed by atoms with van der Waals surface area (Å²) in [5.41, 5.74) is 2.19. The summed E-state index contributed by atoms with van der Waals surface area (Å²) in [6.45, 7) is -1.61. The van der Waals surface area contributed by atoms with Crippen LogP contribution in [0.15, 0.2) is 18.2 Å². The van der Waals surface area contributed by atoms with Gasteiger partial charge in [0.2, 0.25) is 0 Å². The van der Waals surface area contributed by atoms with Crippen molar-refractivity contribution < 1.29 is 27.1 Å². The summed E-state index contributed by atoms with van der Waals surface area (Å²) in [6.07, 6.45) is -4.42. The predicted molar refractivity (Wildman–Crippen MR) is 51.8 cm³/mol. The van der Waals surface area contributed by atoms with Crippen molar-refractivity contribution in [2.75, 3.05) is 13.7 Å². The van der Waals surface area contributed by atoms with E-state index in [9.17, 15) is 17.6 Å². The Labute approximate surface area is 95.3 Å². The van der Waals surface area contributed by atoms with E-state index < -0.39 is 18.6 Å². The molecule has 0 amide bonds. The lowest BCUT2D eigenvalue weighted by Crippen LogP contribution is -2.24. The Kier molecular flexibility index (Phi) is 4.71. The van der Waals surface area contributed by atoms with E-state index in [2.05, 4.69) is 4.84 Å². The van der Waals surface area contributed by atoms with Gasteiger partial charge in [0.15, 0.2) is 18.2 Å². The van der Waals surface area contributed by atoms with Crippen molar-refractivity contribution in [3.8, 4) is 5.75 Å². The first-order valence-corrected chi connectivity index (χ1v) is 4.67.